The fraction of sp³-hybridized carbons (Fsp3) is 0.700. The Hall–Kier alpha value is -0.830. The van der Waals surface area contributed by atoms with Crippen LogP contribution in [0.2, 0.25) is 0 Å². The zero-order valence-corrected chi connectivity index (χ0v) is 8.18. The molecule has 0 aliphatic heterocycles. The second-order valence-electron chi connectivity index (χ2n) is 3.94. The van der Waals surface area contributed by atoms with E-state index in [0.717, 1.165) is 0 Å². The summed E-state index contributed by atoms with van der Waals surface area (Å²) in [4.78, 5) is 11.3. The number of rotatable bonds is 5. The van der Waals surface area contributed by atoms with E-state index in [1.165, 1.54) is 12.8 Å². The Bertz CT molecular complexity index is 211. The number of carbonyl (C=O) groups is 1. The average Bonchev–Trinajstić information content (AvgIpc) is 2.86. The number of hydrogen-bond acceptors (Lipinski definition) is 2. The summed E-state index contributed by atoms with van der Waals surface area (Å²) >= 11 is 0. The molecule has 13 heavy (non-hydrogen) atoms. The van der Waals surface area contributed by atoms with Crippen LogP contribution in [0.5, 0.6) is 0 Å². The maximum absolute atomic E-state index is 11.3. The lowest BCUT2D eigenvalue weighted by Crippen LogP contribution is -2.53. The molecular formula is C10H18N2O. The van der Waals surface area contributed by atoms with E-state index in [4.69, 9.17) is 5.73 Å². The quantitative estimate of drug-likeness (QED) is 0.618. The monoisotopic (exact) mass is 182 g/mol. The van der Waals surface area contributed by atoms with Gasteiger partial charge in [-0.05, 0) is 25.7 Å². The van der Waals surface area contributed by atoms with Crippen molar-refractivity contribution < 1.29 is 4.79 Å². The van der Waals surface area contributed by atoms with Gasteiger partial charge in [-0.2, -0.15) is 0 Å². The predicted molar refractivity (Wildman–Crippen MR) is 53.1 cm³/mol. The molecule has 1 atom stereocenters. The Morgan fingerprint density at radius 3 is 2.77 bits per heavy atom. The SMILES string of the molecule is C=CCC(=O)NC(C)(CN)C1CC1. The lowest BCUT2D eigenvalue weighted by Gasteiger charge is -2.29. The van der Waals surface area contributed by atoms with Crippen LogP contribution in [0, 0.1) is 5.92 Å². The van der Waals surface area contributed by atoms with Gasteiger partial charge < -0.3 is 11.1 Å². The summed E-state index contributed by atoms with van der Waals surface area (Å²) in [5.41, 5.74) is 5.46. The highest BCUT2D eigenvalue weighted by Gasteiger charge is 2.41. The van der Waals surface area contributed by atoms with Crippen LogP contribution < -0.4 is 11.1 Å². The lowest BCUT2D eigenvalue weighted by molar-refractivity contribution is -0.122. The minimum Gasteiger partial charge on any atom is -0.349 e. The zero-order chi connectivity index (χ0) is 9.90. The van der Waals surface area contributed by atoms with E-state index < -0.39 is 0 Å². The van der Waals surface area contributed by atoms with Gasteiger partial charge in [-0.1, -0.05) is 6.08 Å². The van der Waals surface area contributed by atoms with Gasteiger partial charge in [0.1, 0.15) is 0 Å². The molecule has 1 amide bonds. The first-order valence-corrected chi connectivity index (χ1v) is 4.74. The van der Waals surface area contributed by atoms with Crippen LogP contribution in [0.1, 0.15) is 26.2 Å². The molecule has 0 radical (unpaired) electrons. The summed E-state index contributed by atoms with van der Waals surface area (Å²) in [5.74, 6) is 0.598. The molecule has 1 rings (SSSR count). The molecule has 3 nitrogen and oxygen atoms in total. The van der Waals surface area contributed by atoms with Crippen molar-refractivity contribution in [3.63, 3.8) is 0 Å². The number of carbonyl (C=O) groups excluding carboxylic acids is 1. The number of hydrogen-bond donors (Lipinski definition) is 2. The first-order chi connectivity index (χ1) is 6.12. The van der Waals surface area contributed by atoms with Crippen molar-refractivity contribution in [1.29, 1.82) is 0 Å². The van der Waals surface area contributed by atoms with Gasteiger partial charge in [-0.3, -0.25) is 4.79 Å². The molecule has 1 aliphatic carbocycles. The predicted octanol–water partition coefficient (Wildman–Crippen LogP) is 0.806. The van der Waals surface area contributed by atoms with Crippen LogP contribution in [0.25, 0.3) is 0 Å². The molecule has 0 saturated heterocycles. The van der Waals surface area contributed by atoms with E-state index in [-0.39, 0.29) is 11.4 Å². The molecule has 0 bridgehead atoms. The van der Waals surface area contributed by atoms with Crippen LogP contribution >= 0.6 is 0 Å². The van der Waals surface area contributed by atoms with E-state index in [0.29, 0.717) is 18.9 Å². The summed E-state index contributed by atoms with van der Waals surface area (Å²) in [6.45, 7) is 6.06. The smallest absolute Gasteiger partial charge is 0.224 e. The number of nitrogens with one attached hydrogen (secondary N) is 1. The van der Waals surface area contributed by atoms with Gasteiger partial charge in [-0.15, -0.1) is 6.58 Å². The molecular weight excluding hydrogens is 164 g/mol. The second-order valence-corrected chi connectivity index (χ2v) is 3.94. The van der Waals surface area contributed by atoms with Crippen molar-refractivity contribution >= 4 is 5.91 Å². The van der Waals surface area contributed by atoms with Crippen molar-refractivity contribution in [3.05, 3.63) is 12.7 Å². The molecule has 1 fully saturated rings. The summed E-state index contributed by atoms with van der Waals surface area (Å²) < 4.78 is 0. The minimum absolute atomic E-state index is 0.0230. The Morgan fingerprint density at radius 1 is 1.77 bits per heavy atom. The Labute approximate surface area is 79.4 Å². The normalized spacial score (nSPS) is 20.5. The Morgan fingerprint density at radius 2 is 2.38 bits per heavy atom. The Kier molecular flexibility index (Phi) is 3.09. The molecule has 1 saturated carbocycles. The summed E-state index contributed by atoms with van der Waals surface area (Å²) in [6, 6.07) is 0. The van der Waals surface area contributed by atoms with E-state index in [9.17, 15) is 4.79 Å². The third-order valence-electron chi connectivity index (χ3n) is 2.66. The number of amides is 1. The standard InChI is InChI=1S/C10H18N2O/c1-3-4-9(13)12-10(2,7-11)8-5-6-8/h3,8H,1,4-7,11H2,2H3,(H,12,13). The van der Waals surface area contributed by atoms with Gasteiger partial charge in [0, 0.05) is 13.0 Å². The molecule has 0 aromatic heterocycles. The van der Waals surface area contributed by atoms with Crippen molar-refractivity contribution in [2.45, 2.75) is 31.7 Å². The maximum atomic E-state index is 11.3. The molecule has 74 valence electrons. The van der Waals surface area contributed by atoms with Crippen LogP contribution in [-0.2, 0) is 4.79 Å². The number of nitrogens with two attached hydrogens (primary N) is 1. The highest BCUT2D eigenvalue weighted by atomic mass is 16.1. The van der Waals surface area contributed by atoms with Gasteiger partial charge in [0.15, 0.2) is 0 Å². The van der Waals surface area contributed by atoms with E-state index in [1.807, 2.05) is 6.92 Å². The van der Waals surface area contributed by atoms with E-state index in [1.54, 1.807) is 6.08 Å². The van der Waals surface area contributed by atoms with Gasteiger partial charge in [0.05, 0.1) is 5.54 Å². The summed E-state index contributed by atoms with van der Waals surface area (Å²) in [6.07, 6.45) is 4.35. The molecule has 1 aliphatic rings. The van der Waals surface area contributed by atoms with Gasteiger partial charge in [0.25, 0.3) is 0 Å². The molecule has 0 heterocycles. The molecule has 1 unspecified atom stereocenters. The van der Waals surface area contributed by atoms with E-state index >= 15 is 0 Å². The maximum Gasteiger partial charge on any atom is 0.224 e. The van der Waals surface area contributed by atoms with Crippen molar-refractivity contribution in [1.82, 2.24) is 5.32 Å². The van der Waals surface area contributed by atoms with E-state index in [2.05, 4.69) is 11.9 Å². The van der Waals surface area contributed by atoms with Crippen molar-refractivity contribution in [2.75, 3.05) is 6.54 Å². The third-order valence-corrected chi connectivity index (χ3v) is 2.66. The highest BCUT2D eigenvalue weighted by Crippen LogP contribution is 2.38. The fourth-order valence-corrected chi connectivity index (χ4v) is 1.54. The van der Waals surface area contributed by atoms with Gasteiger partial charge in [0.2, 0.25) is 5.91 Å². The van der Waals surface area contributed by atoms with Crippen molar-refractivity contribution in [3.8, 4) is 0 Å². The van der Waals surface area contributed by atoms with Crippen LogP contribution in [0.15, 0.2) is 12.7 Å². The first-order valence-electron chi connectivity index (χ1n) is 4.74. The summed E-state index contributed by atoms with van der Waals surface area (Å²) in [5, 5.41) is 2.97. The van der Waals surface area contributed by atoms with Crippen LogP contribution in [0.4, 0.5) is 0 Å². The third kappa shape index (κ3) is 2.56. The van der Waals surface area contributed by atoms with Gasteiger partial charge in [-0.25, -0.2) is 0 Å². The van der Waals surface area contributed by atoms with Gasteiger partial charge >= 0.3 is 0 Å². The van der Waals surface area contributed by atoms with Crippen LogP contribution in [0.3, 0.4) is 0 Å². The minimum atomic E-state index is -0.194. The molecule has 0 aromatic carbocycles. The molecule has 3 N–H and O–H groups in total. The molecule has 0 spiro atoms. The zero-order valence-electron chi connectivity index (χ0n) is 8.18. The largest absolute Gasteiger partial charge is 0.349 e. The summed E-state index contributed by atoms with van der Waals surface area (Å²) in [7, 11) is 0. The Balaban J connectivity index is 2.46. The first kappa shape index (κ1) is 10.3. The van der Waals surface area contributed by atoms with Crippen molar-refractivity contribution in [2.24, 2.45) is 11.7 Å². The molecule has 3 heteroatoms. The average molecular weight is 182 g/mol. The highest BCUT2D eigenvalue weighted by molar-refractivity contribution is 5.78. The fourth-order valence-electron chi connectivity index (χ4n) is 1.54. The van der Waals surface area contributed by atoms with Crippen LogP contribution in [-0.4, -0.2) is 18.0 Å². The topological polar surface area (TPSA) is 55.1 Å². The second kappa shape index (κ2) is 3.92. The lowest BCUT2D eigenvalue weighted by atomic mass is 9.96. The molecule has 0 aromatic rings.